The van der Waals surface area contributed by atoms with Gasteiger partial charge in [-0.2, -0.15) is 0 Å². The molecular weight excluding hydrogens is 420 g/mol. The van der Waals surface area contributed by atoms with Gasteiger partial charge in [0.1, 0.15) is 0 Å². The molecule has 1 amide bonds. The van der Waals surface area contributed by atoms with E-state index in [0.29, 0.717) is 16.4 Å². The van der Waals surface area contributed by atoms with E-state index in [1.807, 2.05) is 26.0 Å². The smallest absolute Gasteiger partial charge is 0.261 e. The fourth-order valence-corrected chi connectivity index (χ4v) is 4.04. The maximum atomic E-state index is 12.6. The average molecular weight is 441 g/mol. The van der Waals surface area contributed by atoms with Crippen LogP contribution in [0, 0.1) is 13.8 Å². The minimum Gasteiger partial charge on any atom is -0.323 e. The van der Waals surface area contributed by atoms with Crippen LogP contribution in [0.1, 0.15) is 16.7 Å². The summed E-state index contributed by atoms with van der Waals surface area (Å²) in [4.78, 5) is 12.2. The van der Waals surface area contributed by atoms with Gasteiger partial charge in [0.25, 0.3) is 10.0 Å². The molecule has 0 radical (unpaired) electrons. The highest BCUT2D eigenvalue weighted by molar-refractivity contribution is 7.92. The van der Waals surface area contributed by atoms with Crippen molar-refractivity contribution < 1.29 is 13.2 Å². The summed E-state index contributed by atoms with van der Waals surface area (Å²) in [5.41, 5.74) is 3.76. The van der Waals surface area contributed by atoms with Gasteiger partial charge < -0.3 is 5.32 Å². The van der Waals surface area contributed by atoms with Gasteiger partial charge in [-0.3, -0.25) is 9.52 Å². The molecule has 7 heteroatoms. The Kier molecular flexibility index (Phi) is 6.59. The number of halogens is 1. The Morgan fingerprint density at radius 1 is 0.933 bits per heavy atom. The lowest BCUT2D eigenvalue weighted by atomic mass is 10.1. The van der Waals surface area contributed by atoms with E-state index in [1.54, 1.807) is 48.5 Å². The van der Waals surface area contributed by atoms with Crippen molar-refractivity contribution in [3.63, 3.8) is 0 Å². The van der Waals surface area contributed by atoms with E-state index in [2.05, 4.69) is 10.0 Å². The third-order valence-electron chi connectivity index (χ3n) is 4.36. The predicted molar refractivity (Wildman–Crippen MR) is 122 cm³/mol. The number of amides is 1. The topological polar surface area (TPSA) is 75.3 Å². The fourth-order valence-electron chi connectivity index (χ4n) is 2.78. The summed E-state index contributed by atoms with van der Waals surface area (Å²) in [7, 11) is -3.73. The number of nitrogens with one attached hydrogen (secondary N) is 2. The molecule has 0 bridgehead atoms. The van der Waals surface area contributed by atoms with Crippen molar-refractivity contribution >= 4 is 45.0 Å². The van der Waals surface area contributed by atoms with Gasteiger partial charge >= 0.3 is 0 Å². The lowest BCUT2D eigenvalue weighted by Gasteiger charge is -2.11. The Labute approximate surface area is 181 Å². The minimum absolute atomic E-state index is 0.109. The van der Waals surface area contributed by atoms with E-state index >= 15 is 0 Å². The molecule has 0 heterocycles. The zero-order valence-electron chi connectivity index (χ0n) is 16.5. The summed E-state index contributed by atoms with van der Waals surface area (Å²) >= 11 is 5.83. The van der Waals surface area contributed by atoms with Gasteiger partial charge in [-0.05, 0) is 73.5 Å². The van der Waals surface area contributed by atoms with Gasteiger partial charge in [0.05, 0.1) is 10.6 Å². The monoisotopic (exact) mass is 440 g/mol. The second-order valence-electron chi connectivity index (χ2n) is 6.82. The van der Waals surface area contributed by atoms with Crippen molar-refractivity contribution in [2.24, 2.45) is 0 Å². The molecule has 5 nitrogen and oxygen atoms in total. The number of sulfonamides is 1. The number of hydrogen-bond acceptors (Lipinski definition) is 3. The van der Waals surface area contributed by atoms with Crippen molar-refractivity contribution in [1.82, 2.24) is 0 Å². The number of aryl methyl sites for hydroxylation is 2. The molecule has 0 atom stereocenters. The SMILES string of the molecule is Cc1ccc(NS(=O)(=O)c2ccc(NC(=O)/C=C/c3ccc(Cl)cc3)cc2)c(C)c1. The minimum atomic E-state index is -3.73. The van der Waals surface area contributed by atoms with Gasteiger partial charge in [-0.25, -0.2) is 8.42 Å². The van der Waals surface area contributed by atoms with Crippen molar-refractivity contribution in [1.29, 1.82) is 0 Å². The van der Waals surface area contributed by atoms with Crippen LogP contribution in [0.25, 0.3) is 6.08 Å². The van der Waals surface area contributed by atoms with E-state index in [-0.39, 0.29) is 10.8 Å². The van der Waals surface area contributed by atoms with E-state index in [1.165, 1.54) is 18.2 Å². The quantitative estimate of drug-likeness (QED) is 0.503. The number of hydrogen-bond donors (Lipinski definition) is 2. The zero-order chi connectivity index (χ0) is 21.7. The third-order valence-corrected chi connectivity index (χ3v) is 5.99. The number of rotatable bonds is 6. The van der Waals surface area contributed by atoms with Gasteiger partial charge in [-0.15, -0.1) is 0 Å². The van der Waals surface area contributed by atoms with Crippen molar-refractivity contribution in [2.75, 3.05) is 10.0 Å². The molecule has 0 saturated carbocycles. The molecule has 0 saturated heterocycles. The molecule has 0 unspecified atom stereocenters. The van der Waals surface area contributed by atoms with Gasteiger partial charge in [0, 0.05) is 16.8 Å². The molecule has 30 heavy (non-hydrogen) atoms. The second-order valence-corrected chi connectivity index (χ2v) is 8.94. The van der Waals surface area contributed by atoms with Crippen LogP contribution >= 0.6 is 11.6 Å². The first-order valence-electron chi connectivity index (χ1n) is 9.18. The van der Waals surface area contributed by atoms with Crippen molar-refractivity contribution in [2.45, 2.75) is 18.7 Å². The summed E-state index contributed by atoms with van der Waals surface area (Å²) in [6.07, 6.45) is 3.06. The van der Waals surface area contributed by atoms with Crippen LogP contribution in [0.5, 0.6) is 0 Å². The van der Waals surface area contributed by atoms with Crippen LogP contribution < -0.4 is 10.0 Å². The molecule has 0 aliphatic heterocycles. The Bertz CT molecular complexity index is 1190. The van der Waals surface area contributed by atoms with Crippen LogP contribution in [-0.4, -0.2) is 14.3 Å². The summed E-state index contributed by atoms with van der Waals surface area (Å²) in [6, 6.07) is 18.6. The number of benzene rings is 3. The lowest BCUT2D eigenvalue weighted by Crippen LogP contribution is -2.14. The van der Waals surface area contributed by atoms with E-state index in [4.69, 9.17) is 11.6 Å². The van der Waals surface area contributed by atoms with E-state index in [0.717, 1.165) is 16.7 Å². The summed E-state index contributed by atoms with van der Waals surface area (Å²) in [6.45, 7) is 3.80. The highest BCUT2D eigenvalue weighted by Gasteiger charge is 2.15. The van der Waals surface area contributed by atoms with Crippen LogP contribution in [0.3, 0.4) is 0 Å². The number of carbonyl (C=O) groups excluding carboxylic acids is 1. The summed E-state index contributed by atoms with van der Waals surface area (Å²) in [5, 5.41) is 3.32. The second kappa shape index (κ2) is 9.15. The van der Waals surface area contributed by atoms with Crippen molar-refractivity contribution in [3.8, 4) is 0 Å². The normalized spacial score (nSPS) is 11.4. The van der Waals surface area contributed by atoms with Crippen LogP contribution in [-0.2, 0) is 14.8 Å². The Hall–Kier alpha value is -3.09. The molecular formula is C23H21ClN2O3S. The van der Waals surface area contributed by atoms with Crippen molar-refractivity contribution in [3.05, 3.63) is 94.5 Å². The Balaban J connectivity index is 1.66. The molecule has 0 aliphatic carbocycles. The molecule has 0 aromatic heterocycles. The lowest BCUT2D eigenvalue weighted by molar-refractivity contribution is -0.111. The first-order chi connectivity index (χ1) is 14.2. The standard InChI is InChI=1S/C23H21ClN2O3S/c1-16-3-13-22(17(2)15-16)26-30(28,29)21-11-9-20(10-12-21)25-23(27)14-6-18-4-7-19(24)8-5-18/h3-15,26H,1-2H3,(H,25,27)/b14-6+. The molecule has 2 N–H and O–H groups in total. The third kappa shape index (κ3) is 5.72. The highest BCUT2D eigenvalue weighted by atomic mass is 35.5. The molecule has 3 rings (SSSR count). The molecule has 3 aromatic carbocycles. The highest BCUT2D eigenvalue weighted by Crippen LogP contribution is 2.22. The Morgan fingerprint density at radius 2 is 1.60 bits per heavy atom. The zero-order valence-corrected chi connectivity index (χ0v) is 18.1. The molecule has 0 fully saturated rings. The average Bonchev–Trinajstić information content (AvgIpc) is 2.70. The maximum Gasteiger partial charge on any atom is 0.261 e. The number of carbonyl (C=O) groups is 1. The van der Waals surface area contributed by atoms with Crippen LogP contribution in [0.2, 0.25) is 5.02 Å². The maximum absolute atomic E-state index is 12.6. The first kappa shape index (κ1) is 21.6. The molecule has 3 aromatic rings. The summed E-state index contributed by atoms with van der Waals surface area (Å²) < 4.78 is 27.9. The Morgan fingerprint density at radius 3 is 2.23 bits per heavy atom. The summed E-state index contributed by atoms with van der Waals surface area (Å²) in [5.74, 6) is -0.325. The van der Waals surface area contributed by atoms with Gasteiger partial charge in [-0.1, -0.05) is 41.4 Å². The number of anilines is 2. The van der Waals surface area contributed by atoms with Gasteiger partial charge in [0.15, 0.2) is 0 Å². The van der Waals surface area contributed by atoms with E-state index < -0.39 is 10.0 Å². The van der Waals surface area contributed by atoms with Gasteiger partial charge in [0.2, 0.25) is 5.91 Å². The molecule has 0 aliphatic rings. The van der Waals surface area contributed by atoms with Crippen LogP contribution in [0.4, 0.5) is 11.4 Å². The molecule has 154 valence electrons. The molecule has 0 spiro atoms. The van der Waals surface area contributed by atoms with Crippen LogP contribution in [0.15, 0.2) is 77.7 Å². The first-order valence-corrected chi connectivity index (χ1v) is 11.0. The fraction of sp³-hybridized carbons (Fsp3) is 0.0870. The largest absolute Gasteiger partial charge is 0.323 e. The predicted octanol–water partition coefficient (Wildman–Crippen LogP) is 5.41. The van der Waals surface area contributed by atoms with E-state index in [9.17, 15) is 13.2 Å².